The number of carbonyl (C=O) groups excluding carboxylic acids is 1. The van der Waals surface area contributed by atoms with Crippen molar-refractivity contribution in [3.05, 3.63) is 52.5 Å². The van der Waals surface area contributed by atoms with Gasteiger partial charge in [-0.3, -0.25) is 4.79 Å². The molecule has 0 saturated heterocycles. The number of hydrogen-bond donors (Lipinski definition) is 2. The number of anilines is 2. The topological polar surface area (TPSA) is 55.1 Å². The highest BCUT2D eigenvalue weighted by Gasteiger charge is 2.05. The van der Waals surface area contributed by atoms with Crippen LogP contribution in [0.15, 0.2) is 51.8 Å². The molecule has 0 aliphatic heterocycles. The number of nitrogen functional groups attached to an aromatic ring is 1. The van der Waals surface area contributed by atoms with Crippen molar-refractivity contribution < 1.29 is 4.79 Å². The molecule has 0 bridgehead atoms. The maximum absolute atomic E-state index is 11.9. The van der Waals surface area contributed by atoms with Crippen LogP contribution in [-0.4, -0.2) is 11.7 Å². The van der Waals surface area contributed by atoms with Crippen LogP contribution in [0.2, 0.25) is 0 Å². The summed E-state index contributed by atoms with van der Waals surface area (Å²) in [6.07, 6.45) is 0. The van der Waals surface area contributed by atoms with Crippen LogP contribution in [0.4, 0.5) is 11.4 Å². The predicted octanol–water partition coefficient (Wildman–Crippen LogP) is 4.07. The molecule has 1 amide bonds. The average Bonchev–Trinajstić information content (AvgIpc) is 2.41. The Morgan fingerprint density at radius 1 is 1.30 bits per heavy atom. The second-order valence-corrected chi connectivity index (χ2v) is 6.33. The maximum atomic E-state index is 11.9. The van der Waals surface area contributed by atoms with Gasteiger partial charge < -0.3 is 11.1 Å². The van der Waals surface area contributed by atoms with Crippen molar-refractivity contribution in [3.8, 4) is 0 Å². The largest absolute Gasteiger partial charge is 0.398 e. The summed E-state index contributed by atoms with van der Waals surface area (Å²) in [6.45, 7) is 1.93. The molecular formula is C15H15BrN2OS. The molecule has 0 unspecified atom stereocenters. The van der Waals surface area contributed by atoms with Gasteiger partial charge in [-0.05, 0) is 42.8 Å². The summed E-state index contributed by atoms with van der Waals surface area (Å²) >= 11 is 4.91. The molecule has 3 nitrogen and oxygen atoms in total. The number of hydrogen-bond acceptors (Lipinski definition) is 3. The van der Waals surface area contributed by atoms with E-state index in [0.29, 0.717) is 11.4 Å². The molecule has 3 N–H and O–H groups in total. The summed E-state index contributed by atoms with van der Waals surface area (Å²) < 4.78 is 1.01. The lowest BCUT2D eigenvalue weighted by Gasteiger charge is -2.07. The molecule has 2 aromatic carbocycles. The molecule has 0 aromatic heterocycles. The summed E-state index contributed by atoms with van der Waals surface area (Å²) in [5.41, 5.74) is 8.23. The zero-order valence-electron chi connectivity index (χ0n) is 11.0. The van der Waals surface area contributed by atoms with Gasteiger partial charge in [0, 0.05) is 20.7 Å². The first-order chi connectivity index (χ1) is 9.54. The fourth-order valence-electron chi connectivity index (χ4n) is 1.62. The zero-order chi connectivity index (χ0) is 14.5. The predicted molar refractivity (Wildman–Crippen MR) is 89.1 cm³/mol. The van der Waals surface area contributed by atoms with Crippen LogP contribution in [-0.2, 0) is 4.79 Å². The second-order valence-electron chi connectivity index (χ2n) is 4.37. The van der Waals surface area contributed by atoms with Crippen molar-refractivity contribution in [1.29, 1.82) is 0 Å². The van der Waals surface area contributed by atoms with Gasteiger partial charge in [-0.25, -0.2) is 0 Å². The van der Waals surface area contributed by atoms with Gasteiger partial charge in [-0.2, -0.15) is 0 Å². The lowest BCUT2D eigenvalue weighted by Crippen LogP contribution is -2.14. The summed E-state index contributed by atoms with van der Waals surface area (Å²) in [7, 11) is 0. The van der Waals surface area contributed by atoms with Gasteiger partial charge in [0.05, 0.1) is 5.75 Å². The van der Waals surface area contributed by atoms with Gasteiger partial charge in [-0.1, -0.05) is 28.1 Å². The molecule has 2 rings (SSSR count). The lowest BCUT2D eigenvalue weighted by atomic mass is 10.2. The molecule has 0 saturated carbocycles. The summed E-state index contributed by atoms with van der Waals surface area (Å²) in [5, 5.41) is 2.84. The number of halogens is 1. The van der Waals surface area contributed by atoms with E-state index < -0.39 is 0 Å². The zero-order valence-corrected chi connectivity index (χ0v) is 13.4. The van der Waals surface area contributed by atoms with Crippen LogP contribution in [0.3, 0.4) is 0 Å². The fraction of sp³-hybridized carbons (Fsp3) is 0.133. The minimum absolute atomic E-state index is 0.0433. The van der Waals surface area contributed by atoms with Crippen molar-refractivity contribution in [1.82, 2.24) is 0 Å². The molecule has 0 heterocycles. The molecule has 104 valence electrons. The number of benzene rings is 2. The van der Waals surface area contributed by atoms with E-state index in [0.717, 1.165) is 20.6 Å². The van der Waals surface area contributed by atoms with Crippen molar-refractivity contribution in [2.24, 2.45) is 0 Å². The second kappa shape index (κ2) is 6.81. The summed E-state index contributed by atoms with van der Waals surface area (Å²) in [6, 6.07) is 13.4. The highest BCUT2D eigenvalue weighted by molar-refractivity contribution is 9.10. The van der Waals surface area contributed by atoms with E-state index in [1.54, 1.807) is 6.07 Å². The number of aryl methyl sites for hydroxylation is 1. The van der Waals surface area contributed by atoms with E-state index >= 15 is 0 Å². The molecule has 0 aliphatic rings. The molecule has 0 radical (unpaired) electrons. The van der Waals surface area contributed by atoms with E-state index in [2.05, 4.69) is 21.2 Å². The first-order valence-corrected chi connectivity index (χ1v) is 7.87. The van der Waals surface area contributed by atoms with Crippen LogP contribution in [0, 0.1) is 6.92 Å². The Kier molecular flexibility index (Phi) is 5.09. The van der Waals surface area contributed by atoms with Crippen LogP contribution >= 0.6 is 27.7 Å². The van der Waals surface area contributed by atoms with E-state index in [9.17, 15) is 4.79 Å². The van der Waals surface area contributed by atoms with Crippen LogP contribution in [0.5, 0.6) is 0 Å². The molecular weight excluding hydrogens is 336 g/mol. The van der Waals surface area contributed by atoms with Gasteiger partial charge in [0.15, 0.2) is 0 Å². The number of nitrogens with two attached hydrogens (primary N) is 1. The SMILES string of the molecule is Cc1ccc(NC(=O)CSc2cccc(Br)c2)cc1N. The maximum Gasteiger partial charge on any atom is 0.234 e. The minimum Gasteiger partial charge on any atom is -0.398 e. The number of carbonyl (C=O) groups is 1. The standard InChI is InChI=1S/C15H15BrN2OS/c1-10-5-6-12(8-14(10)17)18-15(19)9-20-13-4-2-3-11(16)7-13/h2-8H,9,17H2,1H3,(H,18,19). The third-order valence-corrected chi connectivity index (χ3v) is 4.22. The first-order valence-electron chi connectivity index (χ1n) is 6.09. The van der Waals surface area contributed by atoms with E-state index in [4.69, 9.17) is 5.73 Å². The molecule has 0 aliphatic carbocycles. The Hall–Kier alpha value is -1.46. The van der Waals surface area contributed by atoms with Gasteiger partial charge in [-0.15, -0.1) is 11.8 Å². The van der Waals surface area contributed by atoms with Crippen LogP contribution in [0.1, 0.15) is 5.56 Å². The van der Waals surface area contributed by atoms with E-state index in [1.807, 2.05) is 43.3 Å². The molecule has 5 heteroatoms. The number of rotatable bonds is 4. The quantitative estimate of drug-likeness (QED) is 0.645. The van der Waals surface area contributed by atoms with Crippen molar-refractivity contribution in [2.75, 3.05) is 16.8 Å². The average molecular weight is 351 g/mol. The monoisotopic (exact) mass is 350 g/mol. The van der Waals surface area contributed by atoms with Crippen molar-refractivity contribution in [2.45, 2.75) is 11.8 Å². The highest BCUT2D eigenvalue weighted by Crippen LogP contribution is 2.22. The van der Waals surface area contributed by atoms with Crippen molar-refractivity contribution in [3.63, 3.8) is 0 Å². The van der Waals surface area contributed by atoms with Crippen LogP contribution < -0.4 is 11.1 Å². The molecule has 2 aromatic rings. The van der Waals surface area contributed by atoms with Crippen molar-refractivity contribution >= 4 is 45.0 Å². The number of thioether (sulfide) groups is 1. The fourth-order valence-corrected chi connectivity index (χ4v) is 2.93. The van der Waals surface area contributed by atoms with E-state index in [1.165, 1.54) is 11.8 Å². The Labute approximate surface area is 131 Å². The molecule has 0 fully saturated rings. The van der Waals surface area contributed by atoms with E-state index in [-0.39, 0.29) is 5.91 Å². The Morgan fingerprint density at radius 3 is 2.80 bits per heavy atom. The highest BCUT2D eigenvalue weighted by atomic mass is 79.9. The van der Waals surface area contributed by atoms with Gasteiger partial charge in [0.2, 0.25) is 5.91 Å². The van der Waals surface area contributed by atoms with Gasteiger partial charge in [0.1, 0.15) is 0 Å². The number of nitrogens with one attached hydrogen (secondary N) is 1. The number of amides is 1. The summed E-state index contributed by atoms with van der Waals surface area (Å²) in [4.78, 5) is 12.9. The molecule has 20 heavy (non-hydrogen) atoms. The molecule has 0 atom stereocenters. The van der Waals surface area contributed by atoms with Gasteiger partial charge in [0.25, 0.3) is 0 Å². The first kappa shape index (κ1) is 14.9. The third-order valence-electron chi connectivity index (χ3n) is 2.73. The van der Waals surface area contributed by atoms with Gasteiger partial charge >= 0.3 is 0 Å². The normalized spacial score (nSPS) is 10.3. The minimum atomic E-state index is -0.0433. The molecule has 0 spiro atoms. The Bertz CT molecular complexity index is 631. The Balaban J connectivity index is 1.91. The Morgan fingerprint density at radius 2 is 2.10 bits per heavy atom. The smallest absolute Gasteiger partial charge is 0.234 e. The third kappa shape index (κ3) is 4.28. The lowest BCUT2D eigenvalue weighted by molar-refractivity contribution is -0.113. The summed E-state index contributed by atoms with van der Waals surface area (Å²) in [5.74, 6) is 0.322. The van der Waals surface area contributed by atoms with Crippen LogP contribution in [0.25, 0.3) is 0 Å².